The van der Waals surface area contributed by atoms with Crippen molar-refractivity contribution in [3.63, 3.8) is 0 Å². The Morgan fingerprint density at radius 2 is 2.00 bits per heavy atom. The molecule has 1 aliphatic rings. The maximum Gasteiger partial charge on any atom is 0.162 e. The molecule has 0 radical (unpaired) electrons. The Morgan fingerprint density at radius 3 is 2.50 bits per heavy atom. The van der Waals surface area contributed by atoms with Crippen molar-refractivity contribution in [3.8, 4) is 0 Å². The number of hydrogen-bond acceptors (Lipinski definition) is 1. The van der Waals surface area contributed by atoms with Crippen LogP contribution in [0.3, 0.4) is 0 Å². The molecule has 0 atom stereocenters. The standard InChI is InChI=1S/C11H12F2O/c12-9-4-1-3-8(10(9)13)11(7-14)5-2-6-11/h1,3-4,14H,2,5-7H2. The molecule has 1 nitrogen and oxygen atoms in total. The second-order valence-corrected chi connectivity index (χ2v) is 3.89. The fourth-order valence-corrected chi connectivity index (χ4v) is 2.03. The second kappa shape index (κ2) is 3.31. The van der Waals surface area contributed by atoms with Crippen molar-refractivity contribution in [2.75, 3.05) is 6.61 Å². The lowest BCUT2D eigenvalue weighted by molar-refractivity contribution is 0.116. The van der Waals surface area contributed by atoms with E-state index in [9.17, 15) is 13.9 Å². The highest BCUT2D eigenvalue weighted by Gasteiger charge is 2.40. The van der Waals surface area contributed by atoms with Gasteiger partial charge in [-0.1, -0.05) is 18.6 Å². The van der Waals surface area contributed by atoms with E-state index in [0.717, 1.165) is 25.3 Å². The maximum atomic E-state index is 13.4. The fraction of sp³-hybridized carbons (Fsp3) is 0.455. The summed E-state index contributed by atoms with van der Waals surface area (Å²) in [6, 6.07) is 4.15. The topological polar surface area (TPSA) is 20.2 Å². The molecule has 1 saturated carbocycles. The molecule has 0 aromatic heterocycles. The van der Waals surface area contributed by atoms with Gasteiger partial charge in [0.25, 0.3) is 0 Å². The van der Waals surface area contributed by atoms with Crippen LogP contribution in [0.25, 0.3) is 0 Å². The minimum absolute atomic E-state index is 0.104. The van der Waals surface area contributed by atoms with Gasteiger partial charge in [0, 0.05) is 5.41 Å². The summed E-state index contributed by atoms with van der Waals surface area (Å²) in [5.74, 6) is -1.64. The number of halogens is 2. The molecule has 1 aliphatic carbocycles. The molecule has 0 heterocycles. The van der Waals surface area contributed by atoms with Crippen LogP contribution in [0.1, 0.15) is 24.8 Å². The predicted molar refractivity (Wildman–Crippen MR) is 49.0 cm³/mol. The van der Waals surface area contributed by atoms with Crippen molar-refractivity contribution in [2.24, 2.45) is 0 Å². The lowest BCUT2D eigenvalue weighted by atomic mass is 9.65. The van der Waals surface area contributed by atoms with E-state index in [0.29, 0.717) is 5.56 Å². The van der Waals surface area contributed by atoms with Gasteiger partial charge < -0.3 is 5.11 Å². The van der Waals surface area contributed by atoms with Gasteiger partial charge in [-0.2, -0.15) is 0 Å². The van der Waals surface area contributed by atoms with Crippen molar-refractivity contribution in [2.45, 2.75) is 24.7 Å². The minimum atomic E-state index is -0.831. The molecule has 0 aliphatic heterocycles. The van der Waals surface area contributed by atoms with Crippen molar-refractivity contribution < 1.29 is 13.9 Å². The molecule has 1 aromatic carbocycles. The lowest BCUT2D eigenvalue weighted by Gasteiger charge is -2.40. The van der Waals surface area contributed by atoms with E-state index in [1.807, 2.05) is 0 Å². The van der Waals surface area contributed by atoms with Gasteiger partial charge in [0.1, 0.15) is 0 Å². The smallest absolute Gasteiger partial charge is 0.162 e. The first-order chi connectivity index (χ1) is 6.69. The SMILES string of the molecule is OCC1(c2cccc(F)c2F)CCC1. The van der Waals surface area contributed by atoms with Crippen LogP contribution in [0.15, 0.2) is 18.2 Å². The monoisotopic (exact) mass is 198 g/mol. The van der Waals surface area contributed by atoms with Crippen molar-refractivity contribution in [1.82, 2.24) is 0 Å². The molecule has 0 amide bonds. The Bertz CT molecular complexity index is 340. The first kappa shape index (κ1) is 9.59. The van der Waals surface area contributed by atoms with Gasteiger partial charge in [-0.05, 0) is 24.5 Å². The Labute approximate surface area is 81.4 Å². The summed E-state index contributed by atoms with van der Waals surface area (Å²) in [5, 5.41) is 9.22. The average Bonchev–Trinajstić information content (AvgIpc) is 2.11. The zero-order valence-corrected chi connectivity index (χ0v) is 7.76. The van der Waals surface area contributed by atoms with E-state index in [-0.39, 0.29) is 6.61 Å². The zero-order chi connectivity index (χ0) is 10.2. The molecule has 0 unspecified atom stereocenters. The van der Waals surface area contributed by atoms with Crippen LogP contribution in [-0.4, -0.2) is 11.7 Å². The highest BCUT2D eigenvalue weighted by molar-refractivity contribution is 5.30. The zero-order valence-electron chi connectivity index (χ0n) is 7.76. The van der Waals surface area contributed by atoms with Gasteiger partial charge in [0.05, 0.1) is 6.61 Å². The molecule has 14 heavy (non-hydrogen) atoms. The van der Waals surface area contributed by atoms with E-state index in [2.05, 4.69) is 0 Å². The van der Waals surface area contributed by atoms with E-state index < -0.39 is 17.0 Å². The van der Waals surface area contributed by atoms with Gasteiger partial charge in [-0.15, -0.1) is 0 Å². The highest BCUT2D eigenvalue weighted by atomic mass is 19.2. The molecule has 2 rings (SSSR count). The average molecular weight is 198 g/mol. The van der Waals surface area contributed by atoms with Crippen LogP contribution in [-0.2, 0) is 5.41 Å². The number of benzene rings is 1. The van der Waals surface area contributed by atoms with Gasteiger partial charge >= 0.3 is 0 Å². The quantitative estimate of drug-likeness (QED) is 0.773. The summed E-state index contributed by atoms with van der Waals surface area (Å²) in [4.78, 5) is 0. The molecule has 1 fully saturated rings. The third kappa shape index (κ3) is 1.23. The largest absolute Gasteiger partial charge is 0.395 e. The van der Waals surface area contributed by atoms with Crippen molar-refractivity contribution >= 4 is 0 Å². The predicted octanol–water partition coefficient (Wildman–Crippen LogP) is 2.38. The number of aliphatic hydroxyl groups excluding tert-OH is 1. The minimum Gasteiger partial charge on any atom is -0.395 e. The third-order valence-corrected chi connectivity index (χ3v) is 3.14. The summed E-state index contributed by atoms with van der Waals surface area (Å²) in [5.41, 5.74) is -0.196. The number of rotatable bonds is 2. The molecule has 0 bridgehead atoms. The molecule has 76 valence electrons. The van der Waals surface area contributed by atoms with Crippen molar-refractivity contribution in [1.29, 1.82) is 0 Å². The van der Waals surface area contributed by atoms with Crippen LogP contribution < -0.4 is 0 Å². The van der Waals surface area contributed by atoms with E-state index in [4.69, 9.17) is 0 Å². The Balaban J connectivity index is 2.45. The molecule has 3 heteroatoms. The molecule has 0 spiro atoms. The normalized spacial score (nSPS) is 19.1. The van der Waals surface area contributed by atoms with Gasteiger partial charge in [0.15, 0.2) is 11.6 Å². The van der Waals surface area contributed by atoms with Gasteiger partial charge in [0.2, 0.25) is 0 Å². The molecular weight excluding hydrogens is 186 g/mol. The Kier molecular flexibility index (Phi) is 2.27. The summed E-state index contributed by atoms with van der Waals surface area (Å²) in [6.07, 6.45) is 2.45. The Morgan fingerprint density at radius 1 is 1.29 bits per heavy atom. The van der Waals surface area contributed by atoms with Crippen LogP contribution in [0.2, 0.25) is 0 Å². The van der Waals surface area contributed by atoms with Crippen molar-refractivity contribution in [3.05, 3.63) is 35.4 Å². The molecule has 0 saturated heterocycles. The summed E-state index contributed by atoms with van der Waals surface area (Å²) in [6.45, 7) is -0.104. The van der Waals surface area contributed by atoms with Crippen LogP contribution in [0.4, 0.5) is 8.78 Å². The fourth-order valence-electron chi connectivity index (χ4n) is 2.03. The third-order valence-electron chi connectivity index (χ3n) is 3.14. The highest BCUT2D eigenvalue weighted by Crippen LogP contribution is 2.44. The van der Waals surface area contributed by atoms with Crippen LogP contribution >= 0.6 is 0 Å². The lowest BCUT2D eigenvalue weighted by Crippen LogP contribution is -2.38. The second-order valence-electron chi connectivity index (χ2n) is 3.89. The summed E-state index contributed by atoms with van der Waals surface area (Å²) < 4.78 is 26.4. The van der Waals surface area contributed by atoms with Crippen LogP contribution in [0, 0.1) is 11.6 Å². The van der Waals surface area contributed by atoms with Gasteiger partial charge in [-0.25, -0.2) is 8.78 Å². The summed E-state index contributed by atoms with van der Waals surface area (Å²) >= 11 is 0. The van der Waals surface area contributed by atoms with E-state index in [1.165, 1.54) is 6.07 Å². The molecule has 1 aromatic rings. The molecule has 1 N–H and O–H groups in total. The van der Waals surface area contributed by atoms with E-state index >= 15 is 0 Å². The first-order valence-corrected chi connectivity index (χ1v) is 4.75. The maximum absolute atomic E-state index is 13.4. The van der Waals surface area contributed by atoms with Gasteiger partial charge in [-0.3, -0.25) is 0 Å². The summed E-state index contributed by atoms with van der Waals surface area (Å²) in [7, 11) is 0. The first-order valence-electron chi connectivity index (χ1n) is 4.75. The number of aliphatic hydroxyl groups is 1. The van der Waals surface area contributed by atoms with Crippen LogP contribution in [0.5, 0.6) is 0 Å². The molecular formula is C11H12F2O. The van der Waals surface area contributed by atoms with E-state index in [1.54, 1.807) is 6.07 Å². The number of hydrogen-bond donors (Lipinski definition) is 1. The Hall–Kier alpha value is -0.960.